The molecule has 1 aromatic heterocycles. The minimum atomic E-state index is -3.42. The Morgan fingerprint density at radius 2 is 2.29 bits per heavy atom. The fourth-order valence-corrected chi connectivity index (χ4v) is 3.23. The van der Waals surface area contributed by atoms with E-state index in [0.717, 1.165) is 5.56 Å². The van der Waals surface area contributed by atoms with Crippen LogP contribution >= 0.6 is 0 Å². The predicted octanol–water partition coefficient (Wildman–Crippen LogP) is 0.576. The third-order valence-electron chi connectivity index (χ3n) is 2.86. The van der Waals surface area contributed by atoms with Gasteiger partial charge in [-0.2, -0.15) is 4.31 Å². The van der Waals surface area contributed by atoms with E-state index in [1.807, 2.05) is 6.07 Å². The predicted molar refractivity (Wildman–Crippen MR) is 81.5 cm³/mol. The third kappa shape index (κ3) is 6.65. The van der Waals surface area contributed by atoms with Gasteiger partial charge in [-0.1, -0.05) is 6.07 Å². The number of hydrogen-bond donors (Lipinski definition) is 2. The summed E-state index contributed by atoms with van der Waals surface area (Å²) in [4.78, 5) is 3.98. The van der Waals surface area contributed by atoms with Crippen LogP contribution < -0.4 is 5.73 Å². The summed E-state index contributed by atoms with van der Waals surface area (Å²) in [6.45, 7) is 0.822. The highest BCUT2D eigenvalue weighted by molar-refractivity contribution is 7.89. The van der Waals surface area contributed by atoms with Gasteiger partial charge in [-0.3, -0.25) is 10.4 Å². The van der Waals surface area contributed by atoms with Crippen molar-refractivity contribution in [3.05, 3.63) is 30.1 Å². The molecular formula is C13H22N4O3S. The Labute approximate surface area is 125 Å². The molecule has 0 aliphatic carbocycles. The molecule has 8 heteroatoms. The van der Waals surface area contributed by atoms with Crippen LogP contribution in [0.3, 0.4) is 0 Å². The van der Waals surface area contributed by atoms with Gasteiger partial charge in [0.25, 0.3) is 0 Å². The largest absolute Gasteiger partial charge is 0.388 e. The Bertz CT molecular complexity index is 534. The molecule has 0 aliphatic rings. The summed E-state index contributed by atoms with van der Waals surface area (Å²) >= 11 is 0. The first-order chi connectivity index (χ1) is 9.95. The van der Waals surface area contributed by atoms with Crippen molar-refractivity contribution >= 4 is 15.9 Å². The van der Waals surface area contributed by atoms with Crippen LogP contribution in [0.5, 0.6) is 0 Å². The van der Waals surface area contributed by atoms with Gasteiger partial charge in [-0.15, -0.1) is 0 Å². The van der Waals surface area contributed by atoms with E-state index < -0.39 is 10.0 Å². The third-order valence-corrected chi connectivity index (χ3v) is 4.76. The zero-order chi connectivity index (χ0) is 15.7. The van der Waals surface area contributed by atoms with Crippen molar-refractivity contribution < 1.29 is 13.2 Å². The molecule has 1 rings (SSSR count). The van der Waals surface area contributed by atoms with E-state index in [1.54, 1.807) is 18.5 Å². The topological polar surface area (TPSA) is 109 Å². The van der Waals surface area contributed by atoms with Gasteiger partial charge >= 0.3 is 0 Å². The molecule has 0 atom stereocenters. The van der Waals surface area contributed by atoms with Crippen molar-refractivity contribution in [1.82, 2.24) is 9.29 Å². The Kier molecular flexibility index (Phi) is 7.27. The van der Waals surface area contributed by atoms with Crippen LogP contribution in [0.25, 0.3) is 0 Å². The molecule has 0 radical (unpaired) electrons. The number of ether oxygens (including phenoxy) is 1. The average molecular weight is 314 g/mol. The van der Waals surface area contributed by atoms with Crippen LogP contribution in [0.1, 0.15) is 18.4 Å². The maximum Gasteiger partial charge on any atom is 0.214 e. The molecule has 1 heterocycles. The normalized spacial score (nSPS) is 11.7. The zero-order valence-electron chi connectivity index (χ0n) is 12.2. The van der Waals surface area contributed by atoms with Gasteiger partial charge in [0, 0.05) is 45.6 Å². The fourth-order valence-electron chi connectivity index (χ4n) is 1.77. The molecule has 0 aliphatic heterocycles. The molecule has 0 saturated heterocycles. The lowest BCUT2D eigenvalue weighted by Gasteiger charge is -2.22. The molecule has 0 amide bonds. The van der Waals surface area contributed by atoms with Gasteiger partial charge in [0.2, 0.25) is 10.0 Å². The number of nitrogens with zero attached hydrogens (tertiary/aromatic N) is 2. The zero-order valence-corrected chi connectivity index (χ0v) is 13.0. The Hall–Kier alpha value is -1.51. The van der Waals surface area contributed by atoms with Crippen LogP contribution in [-0.4, -0.2) is 49.6 Å². The molecule has 21 heavy (non-hydrogen) atoms. The maximum absolute atomic E-state index is 12.4. The van der Waals surface area contributed by atoms with E-state index in [9.17, 15) is 8.42 Å². The number of sulfonamides is 1. The van der Waals surface area contributed by atoms with Crippen LogP contribution in [-0.2, 0) is 21.3 Å². The quantitative estimate of drug-likeness (QED) is 0.373. The Morgan fingerprint density at radius 1 is 1.52 bits per heavy atom. The van der Waals surface area contributed by atoms with Crippen molar-refractivity contribution in [2.45, 2.75) is 19.4 Å². The highest BCUT2D eigenvalue weighted by Crippen LogP contribution is 2.11. The first-order valence-corrected chi connectivity index (χ1v) is 8.25. The van der Waals surface area contributed by atoms with E-state index in [0.29, 0.717) is 13.0 Å². The molecule has 118 valence electrons. The second-order valence-electron chi connectivity index (χ2n) is 4.63. The van der Waals surface area contributed by atoms with Crippen molar-refractivity contribution in [1.29, 1.82) is 5.41 Å². The second kappa shape index (κ2) is 8.71. The highest BCUT2D eigenvalue weighted by Gasteiger charge is 2.22. The first-order valence-electron chi connectivity index (χ1n) is 6.64. The van der Waals surface area contributed by atoms with Crippen molar-refractivity contribution in [2.75, 3.05) is 26.0 Å². The van der Waals surface area contributed by atoms with Gasteiger partial charge in [-0.05, 0) is 18.1 Å². The summed E-state index contributed by atoms with van der Waals surface area (Å²) in [5.74, 6) is -0.0165. The maximum atomic E-state index is 12.4. The number of nitrogens with two attached hydrogens (primary N) is 1. The molecule has 0 unspecified atom stereocenters. The molecule has 0 saturated carbocycles. The molecule has 0 spiro atoms. The second-order valence-corrected chi connectivity index (χ2v) is 6.72. The van der Waals surface area contributed by atoms with Crippen LogP contribution in [0.2, 0.25) is 0 Å². The number of aromatic nitrogens is 1. The van der Waals surface area contributed by atoms with E-state index in [2.05, 4.69) is 4.98 Å². The number of amidine groups is 1. The van der Waals surface area contributed by atoms with E-state index in [1.165, 1.54) is 11.4 Å². The molecule has 0 fully saturated rings. The van der Waals surface area contributed by atoms with Crippen molar-refractivity contribution in [3.8, 4) is 0 Å². The summed E-state index contributed by atoms with van der Waals surface area (Å²) in [7, 11) is -1.88. The SMILES string of the molecule is COCCCS(=O)(=O)N(CCC(=N)N)Cc1cccnc1. The molecule has 3 N–H and O–H groups in total. The lowest BCUT2D eigenvalue weighted by atomic mass is 10.3. The monoisotopic (exact) mass is 314 g/mol. The average Bonchev–Trinajstić information content (AvgIpc) is 2.44. The lowest BCUT2D eigenvalue weighted by molar-refractivity contribution is 0.199. The van der Waals surface area contributed by atoms with Gasteiger partial charge in [0.1, 0.15) is 0 Å². The van der Waals surface area contributed by atoms with Crippen LogP contribution in [0.4, 0.5) is 0 Å². The van der Waals surface area contributed by atoms with Gasteiger partial charge in [0.15, 0.2) is 0 Å². The van der Waals surface area contributed by atoms with Gasteiger partial charge in [-0.25, -0.2) is 8.42 Å². The van der Waals surface area contributed by atoms with Crippen molar-refractivity contribution in [3.63, 3.8) is 0 Å². The highest BCUT2D eigenvalue weighted by atomic mass is 32.2. The summed E-state index contributed by atoms with van der Waals surface area (Å²) in [6, 6.07) is 3.58. The van der Waals surface area contributed by atoms with Crippen LogP contribution in [0.15, 0.2) is 24.5 Å². The summed E-state index contributed by atoms with van der Waals surface area (Å²) in [5.41, 5.74) is 6.13. The first kappa shape index (κ1) is 17.5. The fraction of sp³-hybridized carbons (Fsp3) is 0.538. The molecule has 7 nitrogen and oxygen atoms in total. The van der Waals surface area contributed by atoms with Gasteiger partial charge in [0.05, 0.1) is 11.6 Å². The summed E-state index contributed by atoms with van der Waals surface area (Å²) in [6.07, 6.45) is 3.91. The Morgan fingerprint density at radius 3 is 2.86 bits per heavy atom. The van der Waals surface area contributed by atoms with E-state index in [-0.39, 0.29) is 31.1 Å². The minimum Gasteiger partial charge on any atom is -0.388 e. The van der Waals surface area contributed by atoms with E-state index >= 15 is 0 Å². The molecule has 1 aromatic rings. The number of nitrogens with one attached hydrogen (secondary N) is 1. The summed E-state index contributed by atoms with van der Waals surface area (Å²) in [5, 5.41) is 7.26. The minimum absolute atomic E-state index is 0.0129. The standard InChI is InChI=1S/C13H22N4O3S/c1-20-8-3-9-21(18,19)17(7-5-13(14)15)11-12-4-2-6-16-10-12/h2,4,6,10H,3,5,7-9,11H2,1H3,(H3,14,15). The Balaban J connectivity index is 2.77. The van der Waals surface area contributed by atoms with Gasteiger partial charge < -0.3 is 10.5 Å². The molecular weight excluding hydrogens is 292 g/mol. The number of hydrogen-bond acceptors (Lipinski definition) is 5. The lowest BCUT2D eigenvalue weighted by Crippen LogP contribution is -2.35. The number of rotatable bonds is 10. The molecule has 0 aromatic carbocycles. The van der Waals surface area contributed by atoms with Crippen molar-refractivity contribution in [2.24, 2.45) is 5.73 Å². The number of methoxy groups -OCH3 is 1. The van der Waals surface area contributed by atoms with Crippen LogP contribution in [0, 0.1) is 5.41 Å². The van der Waals surface area contributed by atoms with E-state index in [4.69, 9.17) is 15.9 Å². The summed E-state index contributed by atoms with van der Waals surface area (Å²) < 4.78 is 31.0. The molecule has 0 bridgehead atoms. The smallest absolute Gasteiger partial charge is 0.214 e. The number of pyridine rings is 1.